The normalized spacial score (nSPS) is 24.8. The summed E-state index contributed by atoms with van der Waals surface area (Å²) in [5.74, 6) is -0.999. The van der Waals surface area contributed by atoms with Crippen LogP contribution in [0.1, 0.15) is 31.4 Å². The largest absolute Gasteiger partial charge is 0.479 e. The molecule has 4 nitrogen and oxygen atoms in total. The van der Waals surface area contributed by atoms with Crippen molar-refractivity contribution in [3.63, 3.8) is 0 Å². The molecule has 5 heteroatoms. The number of carboxylic acids is 1. The van der Waals surface area contributed by atoms with Gasteiger partial charge in [0, 0.05) is 4.47 Å². The summed E-state index contributed by atoms with van der Waals surface area (Å²) in [5.41, 5.74) is 0.331. The van der Waals surface area contributed by atoms with Gasteiger partial charge in [0.15, 0.2) is 5.60 Å². The third-order valence-electron chi connectivity index (χ3n) is 3.66. The minimum atomic E-state index is -1.34. The summed E-state index contributed by atoms with van der Waals surface area (Å²) in [6.07, 6.45) is -0.194. The number of hydrogen-bond donors (Lipinski definition) is 2. The van der Waals surface area contributed by atoms with E-state index in [1.54, 1.807) is 19.9 Å². The van der Waals surface area contributed by atoms with Gasteiger partial charge in [-0.15, -0.1) is 0 Å². The van der Waals surface area contributed by atoms with Gasteiger partial charge in [0.2, 0.25) is 0 Å². The second kappa shape index (κ2) is 5.23. The zero-order valence-electron chi connectivity index (χ0n) is 10.9. The molecule has 2 rings (SSSR count). The average molecular weight is 329 g/mol. The Bertz CT molecular complexity index is 500. The minimum absolute atomic E-state index is 0.394. The van der Waals surface area contributed by atoms with Crippen molar-refractivity contribution in [3.05, 3.63) is 33.8 Å². The highest BCUT2D eigenvalue weighted by molar-refractivity contribution is 9.10. The van der Waals surface area contributed by atoms with Gasteiger partial charge < -0.3 is 14.9 Å². The van der Waals surface area contributed by atoms with Crippen LogP contribution in [0.25, 0.3) is 0 Å². The molecule has 2 N–H and O–H groups in total. The molecule has 1 aromatic rings. The number of aliphatic carboxylic acids is 1. The number of aryl methyl sites for hydroxylation is 1. The Morgan fingerprint density at radius 2 is 2.16 bits per heavy atom. The van der Waals surface area contributed by atoms with Gasteiger partial charge in [-0.1, -0.05) is 22.0 Å². The molecule has 1 aliphatic rings. The molecule has 0 saturated heterocycles. The van der Waals surface area contributed by atoms with Crippen molar-refractivity contribution in [3.8, 4) is 0 Å². The number of hydrogen-bond acceptors (Lipinski definition) is 3. The summed E-state index contributed by atoms with van der Waals surface area (Å²) in [7, 11) is 0. The minimum Gasteiger partial charge on any atom is -0.479 e. The van der Waals surface area contributed by atoms with Crippen molar-refractivity contribution in [1.29, 1.82) is 0 Å². The first-order valence-corrected chi connectivity index (χ1v) is 7.04. The second-order valence-electron chi connectivity index (χ2n) is 5.00. The standard InChI is InChI=1S/C14H17BrO4/c1-8(16)9(2)19-14(13(17)18)6-5-10-7-11(15)3-4-12(10)14/h3-4,7-9,16H,5-6H2,1-2H3,(H,17,18). The zero-order chi connectivity index (χ0) is 14.2. The van der Waals surface area contributed by atoms with Crippen LogP contribution in [0.2, 0.25) is 0 Å². The van der Waals surface area contributed by atoms with E-state index < -0.39 is 23.8 Å². The van der Waals surface area contributed by atoms with E-state index in [1.807, 2.05) is 12.1 Å². The molecule has 0 bridgehead atoms. The molecule has 0 amide bonds. The lowest BCUT2D eigenvalue weighted by Crippen LogP contribution is -2.42. The topological polar surface area (TPSA) is 66.8 Å². The van der Waals surface area contributed by atoms with E-state index in [0.29, 0.717) is 18.4 Å². The van der Waals surface area contributed by atoms with E-state index in [1.165, 1.54) is 0 Å². The summed E-state index contributed by atoms with van der Waals surface area (Å²) in [6, 6.07) is 5.53. The molecule has 1 aliphatic carbocycles. The molecule has 3 unspecified atom stereocenters. The van der Waals surface area contributed by atoms with Gasteiger partial charge in [-0.05, 0) is 49.9 Å². The SMILES string of the molecule is CC(O)C(C)OC1(C(=O)O)CCc2cc(Br)ccc21. The number of carbonyl (C=O) groups is 1. The summed E-state index contributed by atoms with van der Waals surface area (Å²) >= 11 is 3.39. The van der Waals surface area contributed by atoms with Gasteiger partial charge in [0.05, 0.1) is 12.2 Å². The predicted octanol–water partition coefficient (Wildman–Crippen LogP) is 2.46. The van der Waals surface area contributed by atoms with Crippen molar-refractivity contribution in [2.75, 3.05) is 0 Å². The van der Waals surface area contributed by atoms with E-state index in [4.69, 9.17) is 4.74 Å². The smallest absolute Gasteiger partial charge is 0.340 e. The molecule has 104 valence electrons. The molecule has 0 fully saturated rings. The van der Waals surface area contributed by atoms with Crippen LogP contribution in [0, 0.1) is 0 Å². The van der Waals surface area contributed by atoms with E-state index in [0.717, 1.165) is 10.0 Å². The maximum absolute atomic E-state index is 11.7. The van der Waals surface area contributed by atoms with Crippen LogP contribution in [0.4, 0.5) is 0 Å². The van der Waals surface area contributed by atoms with Crippen molar-refractivity contribution in [1.82, 2.24) is 0 Å². The number of carboxylic acid groups (broad SMARTS) is 1. The number of ether oxygens (including phenoxy) is 1. The van der Waals surface area contributed by atoms with E-state index in [9.17, 15) is 15.0 Å². The number of rotatable bonds is 4. The molecule has 0 aromatic heterocycles. The van der Waals surface area contributed by atoms with E-state index in [2.05, 4.69) is 15.9 Å². The Balaban J connectivity index is 2.42. The molecule has 0 saturated carbocycles. The lowest BCUT2D eigenvalue weighted by atomic mass is 9.95. The van der Waals surface area contributed by atoms with Gasteiger partial charge in [0.1, 0.15) is 0 Å². The first-order valence-electron chi connectivity index (χ1n) is 6.25. The first-order chi connectivity index (χ1) is 8.86. The Kier molecular flexibility index (Phi) is 3.99. The molecular formula is C14H17BrO4. The fraction of sp³-hybridized carbons (Fsp3) is 0.500. The van der Waals surface area contributed by atoms with Crippen LogP contribution < -0.4 is 0 Å². The molecule has 0 spiro atoms. The van der Waals surface area contributed by atoms with Crippen molar-refractivity contribution in [2.24, 2.45) is 0 Å². The molecule has 1 aromatic carbocycles. The van der Waals surface area contributed by atoms with Gasteiger partial charge in [0.25, 0.3) is 0 Å². The van der Waals surface area contributed by atoms with E-state index >= 15 is 0 Å². The Morgan fingerprint density at radius 3 is 2.74 bits per heavy atom. The highest BCUT2D eigenvalue weighted by atomic mass is 79.9. The molecule has 3 atom stereocenters. The Labute approximate surface area is 120 Å². The van der Waals surface area contributed by atoms with E-state index in [-0.39, 0.29) is 0 Å². The van der Waals surface area contributed by atoms with Crippen molar-refractivity contribution in [2.45, 2.75) is 44.5 Å². The highest BCUT2D eigenvalue weighted by Crippen LogP contribution is 2.42. The summed E-state index contributed by atoms with van der Waals surface area (Å²) in [4.78, 5) is 11.7. The van der Waals surface area contributed by atoms with Crippen LogP contribution in [-0.2, 0) is 21.6 Å². The van der Waals surface area contributed by atoms with Crippen LogP contribution in [0.5, 0.6) is 0 Å². The number of aliphatic hydroxyl groups is 1. The second-order valence-corrected chi connectivity index (χ2v) is 5.91. The zero-order valence-corrected chi connectivity index (χ0v) is 12.5. The Morgan fingerprint density at radius 1 is 1.47 bits per heavy atom. The molecular weight excluding hydrogens is 312 g/mol. The number of fused-ring (bicyclic) bond motifs is 1. The molecule has 0 heterocycles. The van der Waals surface area contributed by atoms with Crippen LogP contribution in [0.15, 0.2) is 22.7 Å². The number of aliphatic hydroxyl groups excluding tert-OH is 1. The third-order valence-corrected chi connectivity index (χ3v) is 4.15. The van der Waals surface area contributed by atoms with Crippen molar-refractivity contribution < 1.29 is 19.7 Å². The maximum Gasteiger partial charge on any atom is 0.340 e. The molecule has 0 radical (unpaired) electrons. The third kappa shape index (κ3) is 2.55. The van der Waals surface area contributed by atoms with Crippen molar-refractivity contribution >= 4 is 21.9 Å². The quantitative estimate of drug-likeness (QED) is 0.891. The average Bonchev–Trinajstić information content (AvgIpc) is 2.68. The van der Waals surface area contributed by atoms with Crippen LogP contribution in [0.3, 0.4) is 0 Å². The van der Waals surface area contributed by atoms with Gasteiger partial charge in [-0.3, -0.25) is 0 Å². The Hall–Kier alpha value is -0.910. The fourth-order valence-electron chi connectivity index (χ4n) is 2.42. The molecule has 19 heavy (non-hydrogen) atoms. The number of benzene rings is 1. The van der Waals surface area contributed by atoms with Crippen LogP contribution in [-0.4, -0.2) is 28.4 Å². The van der Waals surface area contributed by atoms with Gasteiger partial charge >= 0.3 is 5.97 Å². The highest BCUT2D eigenvalue weighted by Gasteiger charge is 2.48. The summed E-state index contributed by atoms with van der Waals surface area (Å²) < 4.78 is 6.65. The van der Waals surface area contributed by atoms with Gasteiger partial charge in [-0.2, -0.15) is 0 Å². The number of halogens is 1. The lowest BCUT2D eigenvalue weighted by molar-refractivity contribution is -0.182. The molecule has 0 aliphatic heterocycles. The monoisotopic (exact) mass is 328 g/mol. The summed E-state index contributed by atoms with van der Waals surface area (Å²) in [5, 5.41) is 19.1. The predicted molar refractivity (Wildman–Crippen MR) is 74.0 cm³/mol. The fourth-order valence-corrected chi connectivity index (χ4v) is 2.83. The summed E-state index contributed by atoms with van der Waals surface area (Å²) in [6.45, 7) is 3.28. The van der Waals surface area contributed by atoms with Crippen LogP contribution >= 0.6 is 15.9 Å². The lowest BCUT2D eigenvalue weighted by Gasteiger charge is -2.30. The first kappa shape index (κ1) is 14.5. The maximum atomic E-state index is 11.7. The van der Waals surface area contributed by atoms with Gasteiger partial charge in [-0.25, -0.2) is 4.79 Å².